The Kier molecular flexibility index (Phi) is 5.03. The van der Waals surface area contributed by atoms with Crippen LogP contribution in [0.2, 0.25) is 0 Å². The second kappa shape index (κ2) is 7.62. The largest absolute Gasteiger partial charge is 0.481 e. The van der Waals surface area contributed by atoms with Crippen LogP contribution in [0.15, 0.2) is 42.5 Å². The van der Waals surface area contributed by atoms with E-state index in [9.17, 15) is 14.0 Å². The summed E-state index contributed by atoms with van der Waals surface area (Å²) < 4.78 is 18.8. The zero-order valence-corrected chi connectivity index (χ0v) is 15.8. The van der Waals surface area contributed by atoms with Crippen LogP contribution >= 0.6 is 0 Å². The molecule has 0 saturated heterocycles. The SMILES string of the molecule is C[C@H]1Oc2ccc(NC(=O)Cc3ccc(F)cc3)cc2CN(CC2CC2)C1=O. The molecule has 2 aliphatic rings. The molecule has 0 spiro atoms. The van der Waals surface area contributed by atoms with E-state index in [1.165, 1.54) is 25.0 Å². The summed E-state index contributed by atoms with van der Waals surface area (Å²) in [5, 5.41) is 2.87. The number of rotatable bonds is 5. The highest BCUT2D eigenvalue weighted by Crippen LogP contribution is 2.33. The Hall–Kier alpha value is -2.89. The van der Waals surface area contributed by atoms with Crippen LogP contribution in [0.1, 0.15) is 30.9 Å². The Labute approximate surface area is 163 Å². The molecule has 2 aromatic carbocycles. The summed E-state index contributed by atoms with van der Waals surface area (Å²) >= 11 is 0. The molecule has 1 saturated carbocycles. The molecule has 2 amide bonds. The first-order chi connectivity index (χ1) is 13.5. The normalized spacial score (nSPS) is 18.9. The molecule has 6 heteroatoms. The predicted octanol–water partition coefficient (Wildman–Crippen LogP) is 3.53. The van der Waals surface area contributed by atoms with Crippen LogP contribution in [0, 0.1) is 11.7 Å². The Balaban J connectivity index is 1.47. The van der Waals surface area contributed by atoms with Crippen molar-refractivity contribution in [2.45, 2.75) is 38.8 Å². The first kappa shape index (κ1) is 18.5. The van der Waals surface area contributed by atoms with Gasteiger partial charge in [0.25, 0.3) is 5.91 Å². The highest BCUT2D eigenvalue weighted by molar-refractivity contribution is 5.92. The van der Waals surface area contributed by atoms with E-state index in [0.717, 1.165) is 17.7 Å². The van der Waals surface area contributed by atoms with Gasteiger partial charge < -0.3 is 15.0 Å². The molecule has 28 heavy (non-hydrogen) atoms. The lowest BCUT2D eigenvalue weighted by atomic mass is 10.1. The van der Waals surface area contributed by atoms with E-state index in [0.29, 0.717) is 23.9 Å². The van der Waals surface area contributed by atoms with Gasteiger partial charge in [0.05, 0.1) is 6.42 Å². The third kappa shape index (κ3) is 4.32. The van der Waals surface area contributed by atoms with E-state index in [2.05, 4.69) is 5.32 Å². The Morgan fingerprint density at radius 2 is 1.96 bits per heavy atom. The van der Waals surface area contributed by atoms with Gasteiger partial charge in [-0.05, 0) is 61.6 Å². The van der Waals surface area contributed by atoms with Gasteiger partial charge in [0.15, 0.2) is 6.10 Å². The Bertz CT molecular complexity index is 893. The van der Waals surface area contributed by atoms with Crippen LogP contribution in [0.4, 0.5) is 10.1 Å². The van der Waals surface area contributed by atoms with Crippen LogP contribution in [0.25, 0.3) is 0 Å². The number of fused-ring (bicyclic) bond motifs is 1. The van der Waals surface area contributed by atoms with Crippen LogP contribution in [0.5, 0.6) is 5.75 Å². The monoisotopic (exact) mass is 382 g/mol. The predicted molar refractivity (Wildman–Crippen MR) is 103 cm³/mol. The van der Waals surface area contributed by atoms with Crippen molar-refractivity contribution in [1.29, 1.82) is 0 Å². The van der Waals surface area contributed by atoms with E-state index in [1.54, 1.807) is 31.2 Å². The number of ether oxygens (including phenoxy) is 1. The molecule has 0 bridgehead atoms. The lowest BCUT2D eigenvalue weighted by Gasteiger charge is -2.22. The molecule has 0 radical (unpaired) electrons. The number of halogens is 1. The molecule has 4 rings (SSSR count). The number of carbonyl (C=O) groups is 2. The Morgan fingerprint density at radius 3 is 2.68 bits per heavy atom. The fourth-order valence-corrected chi connectivity index (χ4v) is 3.44. The number of hydrogen-bond donors (Lipinski definition) is 1. The van der Waals surface area contributed by atoms with E-state index in [1.807, 2.05) is 11.0 Å². The second-order valence-electron chi connectivity index (χ2n) is 7.60. The van der Waals surface area contributed by atoms with Gasteiger partial charge in [-0.3, -0.25) is 9.59 Å². The number of nitrogens with one attached hydrogen (secondary N) is 1. The lowest BCUT2D eigenvalue weighted by Crippen LogP contribution is -2.39. The Morgan fingerprint density at radius 1 is 1.21 bits per heavy atom. The minimum absolute atomic E-state index is 0.00463. The number of amides is 2. The standard InChI is InChI=1S/C22H23FN2O3/c1-14-22(27)25(12-16-2-3-16)13-17-11-19(8-9-20(17)28-14)24-21(26)10-15-4-6-18(23)7-5-15/h4-9,11,14,16H,2-3,10,12-13H2,1H3,(H,24,26)/t14-/m1/s1. The zero-order valence-electron chi connectivity index (χ0n) is 15.8. The van der Waals surface area contributed by atoms with Crippen LogP contribution in [0.3, 0.4) is 0 Å². The maximum atomic E-state index is 13.0. The van der Waals surface area contributed by atoms with Crippen LogP contribution in [-0.2, 0) is 22.6 Å². The van der Waals surface area contributed by atoms with Gasteiger partial charge in [-0.2, -0.15) is 0 Å². The molecule has 1 atom stereocenters. The first-order valence-electron chi connectivity index (χ1n) is 9.60. The third-order valence-electron chi connectivity index (χ3n) is 5.12. The number of nitrogens with zero attached hydrogens (tertiary/aromatic N) is 1. The molecule has 1 aliphatic carbocycles. The molecule has 5 nitrogen and oxygen atoms in total. The van der Waals surface area contributed by atoms with Crippen LogP contribution in [-0.4, -0.2) is 29.4 Å². The molecule has 0 aromatic heterocycles. The topological polar surface area (TPSA) is 58.6 Å². The highest BCUT2D eigenvalue weighted by Gasteiger charge is 2.32. The van der Waals surface area contributed by atoms with Crippen molar-refractivity contribution < 1.29 is 18.7 Å². The summed E-state index contributed by atoms with van der Waals surface area (Å²) in [6.07, 6.45) is 1.99. The van der Waals surface area contributed by atoms with E-state index < -0.39 is 6.10 Å². The third-order valence-corrected chi connectivity index (χ3v) is 5.12. The lowest BCUT2D eigenvalue weighted by molar-refractivity contribution is -0.137. The summed E-state index contributed by atoms with van der Waals surface area (Å²) in [6.45, 7) is 3.01. The maximum absolute atomic E-state index is 13.0. The number of benzene rings is 2. The molecule has 1 heterocycles. The first-order valence-corrected chi connectivity index (χ1v) is 9.60. The highest BCUT2D eigenvalue weighted by atomic mass is 19.1. The maximum Gasteiger partial charge on any atom is 0.263 e. The summed E-state index contributed by atoms with van der Waals surface area (Å²) in [5.41, 5.74) is 2.28. The van der Waals surface area contributed by atoms with Crippen molar-refractivity contribution in [3.05, 3.63) is 59.4 Å². The number of carbonyl (C=O) groups excluding carboxylic acids is 2. The molecular formula is C22H23FN2O3. The molecule has 1 fully saturated rings. The van der Waals surface area contributed by atoms with Gasteiger partial charge in [-0.1, -0.05) is 12.1 Å². The summed E-state index contributed by atoms with van der Waals surface area (Å²) in [5.74, 6) is 0.770. The second-order valence-corrected chi connectivity index (χ2v) is 7.60. The summed E-state index contributed by atoms with van der Waals surface area (Å²) in [4.78, 5) is 26.8. The van der Waals surface area contributed by atoms with Gasteiger partial charge in [0, 0.05) is 24.3 Å². The van der Waals surface area contributed by atoms with Crippen molar-refractivity contribution in [1.82, 2.24) is 4.90 Å². The van der Waals surface area contributed by atoms with Gasteiger partial charge in [0.1, 0.15) is 11.6 Å². The summed E-state index contributed by atoms with van der Waals surface area (Å²) in [6, 6.07) is 11.3. The fraction of sp³-hybridized carbons (Fsp3) is 0.364. The smallest absolute Gasteiger partial charge is 0.263 e. The molecule has 2 aromatic rings. The van der Waals surface area contributed by atoms with Gasteiger partial charge in [-0.25, -0.2) is 4.39 Å². The molecule has 1 N–H and O–H groups in total. The quantitative estimate of drug-likeness (QED) is 0.861. The number of hydrogen-bond acceptors (Lipinski definition) is 3. The average Bonchev–Trinajstić information content (AvgIpc) is 3.49. The average molecular weight is 382 g/mol. The van der Waals surface area contributed by atoms with Crippen molar-refractivity contribution in [3.8, 4) is 5.75 Å². The van der Waals surface area contributed by atoms with Crippen molar-refractivity contribution in [3.63, 3.8) is 0 Å². The number of anilines is 1. The summed E-state index contributed by atoms with van der Waals surface area (Å²) in [7, 11) is 0. The van der Waals surface area contributed by atoms with Gasteiger partial charge >= 0.3 is 0 Å². The molecule has 146 valence electrons. The van der Waals surface area contributed by atoms with E-state index in [-0.39, 0.29) is 24.1 Å². The van der Waals surface area contributed by atoms with Gasteiger partial charge in [-0.15, -0.1) is 0 Å². The van der Waals surface area contributed by atoms with Crippen molar-refractivity contribution in [2.24, 2.45) is 5.92 Å². The van der Waals surface area contributed by atoms with Crippen molar-refractivity contribution >= 4 is 17.5 Å². The van der Waals surface area contributed by atoms with E-state index in [4.69, 9.17) is 4.74 Å². The minimum atomic E-state index is -0.515. The molecule has 0 unspecified atom stereocenters. The van der Waals surface area contributed by atoms with E-state index >= 15 is 0 Å². The van der Waals surface area contributed by atoms with Gasteiger partial charge in [0.2, 0.25) is 5.91 Å². The zero-order chi connectivity index (χ0) is 19.7. The van der Waals surface area contributed by atoms with Crippen LogP contribution < -0.4 is 10.1 Å². The molecule has 1 aliphatic heterocycles. The fourth-order valence-electron chi connectivity index (χ4n) is 3.44. The van der Waals surface area contributed by atoms with Crippen molar-refractivity contribution in [2.75, 3.05) is 11.9 Å². The molecular weight excluding hydrogens is 359 g/mol. The minimum Gasteiger partial charge on any atom is -0.481 e.